The van der Waals surface area contributed by atoms with Crippen LogP contribution < -0.4 is 0 Å². The molecule has 1 aliphatic rings. The summed E-state index contributed by atoms with van der Waals surface area (Å²) in [6.07, 6.45) is 2.41. The van der Waals surface area contributed by atoms with E-state index >= 15 is 0 Å². The van der Waals surface area contributed by atoms with Crippen LogP contribution in [0, 0.1) is 0 Å². The van der Waals surface area contributed by atoms with Gasteiger partial charge in [0.25, 0.3) is 10.2 Å². The predicted molar refractivity (Wildman–Crippen MR) is 66.9 cm³/mol. The number of piperidine rings is 1. The second kappa shape index (κ2) is 5.93. The van der Waals surface area contributed by atoms with Crippen molar-refractivity contribution in [3.8, 4) is 0 Å². The molecule has 1 aliphatic heterocycles. The molecule has 0 bridgehead atoms. The van der Waals surface area contributed by atoms with E-state index < -0.39 is 16.3 Å². The van der Waals surface area contributed by atoms with Crippen LogP contribution in [0.4, 0.5) is 0 Å². The van der Waals surface area contributed by atoms with E-state index in [9.17, 15) is 13.2 Å². The lowest BCUT2D eigenvalue weighted by molar-refractivity contribution is -0.121. The van der Waals surface area contributed by atoms with Crippen molar-refractivity contribution >= 4 is 16.0 Å². The molecule has 1 saturated heterocycles. The molecule has 0 spiro atoms. The second-order valence-electron chi connectivity index (χ2n) is 4.33. The van der Waals surface area contributed by atoms with Crippen LogP contribution in [-0.4, -0.2) is 48.5 Å². The number of carbonyl (C=O) groups is 1. The van der Waals surface area contributed by atoms with Crippen molar-refractivity contribution in [1.82, 2.24) is 8.61 Å². The topological polar surface area (TPSA) is 57.7 Å². The molecule has 1 unspecified atom stereocenters. The number of hydrogen-bond acceptors (Lipinski definition) is 3. The first-order valence-electron chi connectivity index (χ1n) is 6.22. The van der Waals surface area contributed by atoms with Gasteiger partial charge in [0.1, 0.15) is 5.78 Å². The van der Waals surface area contributed by atoms with Gasteiger partial charge >= 0.3 is 0 Å². The number of rotatable bonds is 5. The van der Waals surface area contributed by atoms with E-state index in [-0.39, 0.29) is 5.78 Å². The Morgan fingerprint density at radius 2 is 1.88 bits per heavy atom. The zero-order valence-corrected chi connectivity index (χ0v) is 11.7. The van der Waals surface area contributed by atoms with Gasteiger partial charge in [-0.25, -0.2) is 0 Å². The van der Waals surface area contributed by atoms with Crippen LogP contribution in [0.25, 0.3) is 0 Å². The highest BCUT2D eigenvalue weighted by Crippen LogP contribution is 2.23. The molecule has 1 rings (SSSR count). The molecule has 0 aromatic rings. The number of carbonyl (C=O) groups excluding carboxylic acids is 1. The Morgan fingerprint density at radius 1 is 1.29 bits per heavy atom. The first kappa shape index (κ1) is 14.6. The largest absolute Gasteiger partial charge is 0.298 e. The van der Waals surface area contributed by atoms with Gasteiger partial charge in [-0.15, -0.1) is 0 Å². The molecule has 0 aliphatic carbocycles. The van der Waals surface area contributed by atoms with Gasteiger partial charge in [-0.05, 0) is 19.8 Å². The molecular weight excluding hydrogens is 240 g/mol. The van der Waals surface area contributed by atoms with Gasteiger partial charge in [-0.1, -0.05) is 20.3 Å². The highest BCUT2D eigenvalue weighted by Gasteiger charge is 2.37. The minimum atomic E-state index is -3.47. The predicted octanol–water partition coefficient (Wildman–Crippen LogP) is 1.02. The van der Waals surface area contributed by atoms with E-state index in [2.05, 4.69) is 0 Å². The van der Waals surface area contributed by atoms with Gasteiger partial charge < -0.3 is 0 Å². The smallest absolute Gasteiger partial charge is 0.282 e. The summed E-state index contributed by atoms with van der Waals surface area (Å²) in [6.45, 7) is 6.45. The third-order valence-electron chi connectivity index (χ3n) is 3.25. The minimum Gasteiger partial charge on any atom is -0.298 e. The zero-order valence-electron chi connectivity index (χ0n) is 10.8. The monoisotopic (exact) mass is 262 g/mol. The maximum atomic E-state index is 12.4. The third kappa shape index (κ3) is 3.05. The first-order chi connectivity index (χ1) is 7.95. The normalized spacial score (nSPS) is 22.9. The fraction of sp³-hybridized carbons (Fsp3) is 0.909. The van der Waals surface area contributed by atoms with E-state index in [0.717, 1.165) is 12.8 Å². The maximum absolute atomic E-state index is 12.4. The lowest BCUT2D eigenvalue weighted by Crippen LogP contribution is -2.52. The van der Waals surface area contributed by atoms with Gasteiger partial charge in [0.05, 0.1) is 6.04 Å². The maximum Gasteiger partial charge on any atom is 0.282 e. The van der Waals surface area contributed by atoms with Crippen LogP contribution in [0.2, 0.25) is 0 Å². The summed E-state index contributed by atoms with van der Waals surface area (Å²) in [5.74, 6) is -0.0552. The summed E-state index contributed by atoms with van der Waals surface area (Å²) in [5, 5.41) is 0. The minimum absolute atomic E-state index is 0.0552. The lowest BCUT2D eigenvalue weighted by Gasteiger charge is -2.36. The molecule has 1 fully saturated rings. The molecule has 6 heteroatoms. The van der Waals surface area contributed by atoms with Crippen molar-refractivity contribution in [3.05, 3.63) is 0 Å². The van der Waals surface area contributed by atoms with Gasteiger partial charge in [0, 0.05) is 19.6 Å². The number of hydrogen-bond donors (Lipinski definition) is 0. The molecule has 0 N–H and O–H groups in total. The Kier molecular flexibility index (Phi) is 5.09. The SMILES string of the molecule is CCN(CC)S(=O)(=O)N1CCCCC1C(C)=O. The summed E-state index contributed by atoms with van der Waals surface area (Å²) in [6, 6.07) is -0.464. The molecule has 0 saturated carbocycles. The molecule has 0 amide bonds. The van der Waals surface area contributed by atoms with Gasteiger partial charge in [-0.3, -0.25) is 4.79 Å². The summed E-state index contributed by atoms with van der Waals surface area (Å²) in [4.78, 5) is 11.5. The quantitative estimate of drug-likeness (QED) is 0.743. The zero-order chi connectivity index (χ0) is 13.1. The molecule has 1 atom stereocenters. The summed E-state index contributed by atoms with van der Waals surface area (Å²) < 4.78 is 27.5. The van der Waals surface area contributed by atoms with E-state index in [1.807, 2.05) is 13.8 Å². The van der Waals surface area contributed by atoms with Crippen LogP contribution in [0.1, 0.15) is 40.0 Å². The Morgan fingerprint density at radius 3 is 2.35 bits per heavy atom. The fourth-order valence-electron chi connectivity index (χ4n) is 2.29. The lowest BCUT2D eigenvalue weighted by atomic mass is 10.0. The van der Waals surface area contributed by atoms with E-state index in [1.165, 1.54) is 15.5 Å². The second-order valence-corrected chi connectivity index (χ2v) is 6.21. The Balaban J connectivity index is 2.98. The first-order valence-corrected chi connectivity index (χ1v) is 7.62. The molecule has 1 heterocycles. The average molecular weight is 262 g/mol. The summed E-state index contributed by atoms with van der Waals surface area (Å²) in [7, 11) is -3.47. The Labute approximate surface area is 104 Å². The van der Waals surface area contributed by atoms with Crippen LogP contribution in [0.5, 0.6) is 0 Å². The number of nitrogens with zero attached hydrogens (tertiary/aromatic N) is 2. The standard InChI is InChI=1S/C11H22N2O3S/c1-4-12(5-2)17(15,16)13-9-7-6-8-11(13)10(3)14/h11H,4-9H2,1-3H3. The fourth-order valence-corrected chi connectivity index (χ4v) is 4.17. The van der Waals surface area contributed by atoms with Gasteiger partial charge in [-0.2, -0.15) is 17.0 Å². The molecule has 17 heavy (non-hydrogen) atoms. The van der Waals surface area contributed by atoms with Crippen LogP contribution in [0.3, 0.4) is 0 Å². The Hall–Kier alpha value is -0.460. The van der Waals surface area contributed by atoms with Crippen molar-refractivity contribution in [2.75, 3.05) is 19.6 Å². The highest BCUT2D eigenvalue weighted by molar-refractivity contribution is 7.86. The third-order valence-corrected chi connectivity index (χ3v) is 5.45. The van der Waals surface area contributed by atoms with Crippen LogP contribution >= 0.6 is 0 Å². The van der Waals surface area contributed by atoms with E-state index in [1.54, 1.807) is 0 Å². The summed E-state index contributed by atoms with van der Waals surface area (Å²) in [5.41, 5.74) is 0. The van der Waals surface area contributed by atoms with Crippen molar-refractivity contribution in [2.45, 2.75) is 46.1 Å². The summed E-state index contributed by atoms with van der Waals surface area (Å²) >= 11 is 0. The number of ketones is 1. The molecule has 0 radical (unpaired) electrons. The van der Waals surface area contributed by atoms with Gasteiger partial charge in [0.2, 0.25) is 0 Å². The molecule has 5 nitrogen and oxygen atoms in total. The van der Waals surface area contributed by atoms with Crippen LogP contribution in [0.15, 0.2) is 0 Å². The van der Waals surface area contributed by atoms with E-state index in [4.69, 9.17) is 0 Å². The van der Waals surface area contributed by atoms with Crippen molar-refractivity contribution in [2.24, 2.45) is 0 Å². The van der Waals surface area contributed by atoms with E-state index in [0.29, 0.717) is 26.1 Å². The van der Waals surface area contributed by atoms with Crippen LogP contribution in [-0.2, 0) is 15.0 Å². The Bertz CT molecular complexity index is 363. The average Bonchev–Trinajstić information content (AvgIpc) is 2.30. The van der Waals surface area contributed by atoms with Crippen molar-refractivity contribution < 1.29 is 13.2 Å². The molecule has 100 valence electrons. The van der Waals surface area contributed by atoms with Crippen molar-refractivity contribution in [1.29, 1.82) is 0 Å². The van der Waals surface area contributed by atoms with Crippen molar-refractivity contribution in [3.63, 3.8) is 0 Å². The molecule has 0 aromatic carbocycles. The van der Waals surface area contributed by atoms with Gasteiger partial charge in [0.15, 0.2) is 0 Å². The molecular formula is C11H22N2O3S. The number of Topliss-reactive ketones (excluding diaryl/α,β-unsaturated/α-hetero) is 1. The molecule has 0 aromatic heterocycles. The highest BCUT2D eigenvalue weighted by atomic mass is 32.2.